The van der Waals surface area contributed by atoms with E-state index in [1.807, 2.05) is 6.92 Å². The lowest BCUT2D eigenvalue weighted by Gasteiger charge is -2.37. The molecule has 5 nitrogen and oxygen atoms in total. The minimum absolute atomic E-state index is 0.0691. The molecule has 3 rings (SSSR count). The molecule has 2 saturated heterocycles. The summed E-state index contributed by atoms with van der Waals surface area (Å²) in [5.41, 5.74) is 0. The molecule has 3 atom stereocenters. The van der Waals surface area contributed by atoms with Crippen molar-refractivity contribution in [2.24, 2.45) is 0 Å². The zero-order chi connectivity index (χ0) is 11.8. The second-order valence-corrected chi connectivity index (χ2v) is 5.32. The first-order valence-corrected chi connectivity index (χ1v) is 6.52. The van der Waals surface area contributed by atoms with Gasteiger partial charge in [0.05, 0.1) is 6.10 Å². The van der Waals surface area contributed by atoms with Crippen LogP contribution < -0.4 is 0 Å². The molecule has 1 N–H and O–H groups in total. The van der Waals surface area contributed by atoms with E-state index in [1.54, 1.807) is 6.33 Å². The van der Waals surface area contributed by atoms with Gasteiger partial charge in [0.1, 0.15) is 12.2 Å². The molecule has 0 saturated carbocycles. The van der Waals surface area contributed by atoms with Crippen molar-refractivity contribution in [2.75, 3.05) is 6.54 Å². The van der Waals surface area contributed by atoms with Gasteiger partial charge in [-0.1, -0.05) is 0 Å². The first-order chi connectivity index (χ1) is 8.24. The number of rotatable bonds is 3. The van der Waals surface area contributed by atoms with E-state index in [2.05, 4.69) is 19.7 Å². The first-order valence-electron chi connectivity index (χ1n) is 6.52. The average Bonchev–Trinajstić information content (AvgIpc) is 2.79. The van der Waals surface area contributed by atoms with E-state index in [4.69, 9.17) is 0 Å². The summed E-state index contributed by atoms with van der Waals surface area (Å²) >= 11 is 0. The van der Waals surface area contributed by atoms with Crippen LogP contribution in [0.1, 0.15) is 31.5 Å². The van der Waals surface area contributed by atoms with Crippen LogP contribution in [0.3, 0.4) is 0 Å². The molecule has 1 unspecified atom stereocenters. The van der Waals surface area contributed by atoms with Crippen LogP contribution in [0.4, 0.5) is 0 Å². The summed E-state index contributed by atoms with van der Waals surface area (Å²) in [6.07, 6.45) is 6.15. The molecular weight excluding hydrogens is 216 g/mol. The summed E-state index contributed by atoms with van der Waals surface area (Å²) in [6, 6.07) is 1.20. The Hall–Kier alpha value is -0.940. The molecular formula is C12H20N4O. The van der Waals surface area contributed by atoms with Crippen LogP contribution in [0.15, 0.2) is 6.33 Å². The minimum atomic E-state index is -0.0691. The number of hydrogen-bond donors (Lipinski definition) is 1. The summed E-state index contributed by atoms with van der Waals surface area (Å²) in [6.45, 7) is 4.00. The summed E-state index contributed by atoms with van der Waals surface area (Å²) in [5.74, 6) is 0.981. The van der Waals surface area contributed by atoms with Gasteiger partial charge in [0.25, 0.3) is 0 Å². The van der Waals surface area contributed by atoms with Gasteiger partial charge in [-0.3, -0.25) is 4.90 Å². The van der Waals surface area contributed by atoms with Crippen molar-refractivity contribution >= 4 is 0 Å². The number of piperidine rings is 1. The SMILES string of the molecule is Cc1nncn1CCN1[C@@H]2CC[C@H]1CC(O)C2. The van der Waals surface area contributed by atoms with E-state index >= 15 is 0 Å². The van der Waals surface area contributed by atoms with Gasteiger partial charge < -0.3 is 9.67 Å². The monoisotopic (exact) mass is 236 g/mol. The van der Waals surface area contributed by atoms with Crippen LogP contribution >= 0.6 is 0 Å². The van der Waals surface area contributed by atoms with E-state index in [-0.39, 0.29) is 6.10 Å². The second kappa shape index (κ2) is 4.38. The van der Waals surface area contributed by atoms with E-state index in [9.17, 15) is 5.11 Å². The van der Waals surface area contributed by atoms with Gasteiger partial charge in [0.15, 0.2) is 0 Å². The van der Waals surface area contributed by atoms with Crippen LogP contribution in [-0.2, 0) is 6.54 Å². The number of hydrogen-bond acceptors (Lipinski definition) is 4. The Bertz CT molecular complexity index is 378. The Morgan fingerprint density at radius 3 is 2.59 bits per heavy atom. The molecule has 94 valence electrons. The summed E-state index contributed by atoms with van der Waals surface area (Å²) in [7, 11) is 0. The maximum absolute atomic E-state index is 9.75. The molecule has 0 amide bonds. The smallest absolute Gasteiger partial charge is 0.129 e. The van der Waals surface area contributed by atoms with E-state index in [0.29, 0.717) is 12.1 Å². The van der Waals surface area contributed by atoms with Crippen molar-refractivity contribution in [2.45, 2.75) is 57.3 Å². The Labute approximate surface area is 101 Å². The molecule has 5 heteroatoms. The predicted octanol–water partition coefficient (Wildman–Crippen LogP) is 0.574. The molecule has 17 heavy (non-hydrogen) atoms. The Kier molecular flexibility index (Phi) is 2.88. The fourth-order valence-electron chi connectivity index (χ4n) is 3.37. The summed E-state index contributed by atoms with van der Waals surface area (Å²) < 4.78 is 2.10. The topological polar surface area (TPSA) is 54.2 Å². The second-order valence-electron chi connectivity index (χ2n) is 5.32. The largest absolute Gasteiger partial charge is 0.393 e. The quantitative estimate of drug-likeness (QED) is 0.834. The highest BCUT2D eigenvalue weighted by Crippen LogP contribution is 2.35. The minimum Gasteiger partial charge on any atom is -0.393 e. The third-order valence-corrected chi connectivity index (χ3v) is 4.27. The maximum Gasteiger partial charge on any atom is 0.129 e. The lowest BCUT2D eigenvalue weighted by atomic mass is 10.00. The number of fused-ring (bicyclic) bond motifs is 2. The number of aryl methyl sites for hydroxylation is 1. The Morgan fingerprint density at radius 2 is 2.00 bits per heavy atom. The molecule has 2 aliphatic rings. The van der Waals surface area contributed by atoms with Gasteiger partial charge in [0, 0.05) is 25.2 Å². The fourth-order valence-corrected chi connectivity index (χ4v) is 3.37. The van der Waals surface area contributed by atoms with Gasteiger partial charge in [0.2, 0.25) is 0 Å². The van der Waals surface area contributed by atoms with E-state index in [0.717, 1.165) is 31.8 Å². The van der Waals surface area contributed by atoms with Crippen molar-refractivity contribution in [1.82, 2.24) is 19.7 Å². The number of aromatic nitrogens is 3. The van der Waals surface area contributed by atoms with Crippen molar-refractivity contribution in [1.29, 1.82) is 0 Å². The molecule has 0 spiro atoms. The molecule has 1 aromatic rings. The lowest BCUT2D eigenvalue weighted by molar-refractivity contribution is 0.0336. The molecule has 2 aliphatic heterocycles. The van der Waals surface area contributed by atoms with Gasteiger partial charge in [-0.15, -0.1) is 10.2 Å². The van der Waals surface area contributed by atoms with Crippen LogP contribution in [0.25, 0.3) is 0 Å². The van der Waals surface area contributed by atoms with Gasteiger partial charge in [-0.05, 0) is 32.6 Å². The van der Waals surface area contributed by atoms with Crippen LogP contribution in [0.2, 0.25) is 0 Å². The van der Waals surface area contributed by atoms with Gasteiger partial charge >= 0.3 is 0 Å². The summed E-state index contributed by atoms with van der Waals surface area (Å²) in [4.78, 5) is 2.58. The molecule has 0 aromatic carbocycles. The predicted molar refractivity (Wildman–Crippen MR) is 63.5 cm³/mol. The zero-order valence-corrected chi connectivity index (χ0v) is 10.3. The van der Waals surface area contributed by atoms with Crippen LogP contribution in [-0.4, -0.2) is 49.5 Å². The first kappa shape index (κ1) is 11.2. The van der Waals surface area contributed by atoms with E-state index in [1.165, 1.54) is 12.8 Å². The molecule has 0 aliphatic carbocycles. The van der Waals surface area contributed by atoms with Crippen molar-refractivity contribution in [3.05, 3.63) is 12.2 Å². The summed E-state index contributed by atoms with van der Waals surface area (Å²) in [5, 5.41) is 17.7. The lowest BCUT2D eigenvalue weighted by Crippen LogP contribution is -2.45. The molecule has 2 fully saturated rings. The normalized spacial score (nSPS) is 33.2. The maximum atomic E-state index is 9.75. The molecule has 2 bridgehead atoms. The molecule has 0 radical (unpaired) electrons. The highest BCUT2D eigenvalue weighted by molar-refractivity contribution is 4.95. The fraction of sp³-hybridized carbons (Fsp3) is 0.833. The third kappa shape index (κ3) is 2.09. The average molecular weight is 236 g/mol. The van der Waals surface area contributed by atoms with Crippen molar-refractivity contribution < 1.29 is 5.11 Å². The zero-order valence-electron chi connectivity index (χ0n) is 10.3. The standard InChI is InChI=1S/C12H20N4O/c1-9-14-13-8-15(9)4-5-16-10-2-3-11(16)7-12(17)6-10/h8,10-12,17H,2-7H2,1H3/t10-,11+,12?. The molecule has 3 heterocycles. The molecule has 1 aromatic heterocycles. The third-order valence-electron chi connectivity index (χ3n) is 4.27. The number of nitrogens with zero attached hydrogens (tertiary/aromatic N) is 4. The van der Waals surface area contributed by atoms with Gasteiger partial charge in [-0.2, -0.15) is 0 Å². The number of aliphatic hydroxyl groups excluding tert-OH is 1. The van der Waals surface area contributed by atoms with Crippen LogP contribution in [0, 0.1) is 6.92 Å². The Balaban J connectivity index is 1.61. The van der Waals surface area contributed by atoms with Gasteiger partial charge in [-0.25, -0.2) is 0 Å². The number of aliphatic hydroxyl groups is 1. The van der Waals surface area contributed by atoms with Crippen molar-refractivity contribution in [3.63, 3.8) is 0 Å². The highest BCUT2D eigenvalue weighted by Gasteiger charge is 2.39. The van der Waals surface area contributed by atoms with Crippen molar-refractivity contribution in [3.8, 4) is 0 Å². The Morgan fingerprint density at radius 1 is 1.29 bits per heavy atom. The van der Waals surface area contributed by atoms with E-state index < -0.39 is 0 Å². The highest BCUT2D eigenvalue weighted by atomic mass is 16.3. The van der Waals surface area contributed by atoms with Crippen LogP contribution in [0.5, 0.6) is 0 Å².